The number of amides is 1. The molecule has 0 aromatic heterocycles. The number of carbonyl (C=O) groups excluding carboxylic acids is 2. The smallest absolute Gasteiger partial charge is 0.331 e. The van der Waals surface area contributed by atoms with E-state index in [1.807, 2.05) is 31.4 Å². The number of rotatable bonds is 6. The van der Waals surface area contributed by atoms with E-state index < -0.39 is 18.5 Å². The van der Waals surface area contributed by atoms with Crippen LogP contribution in [0.25, 0.3) is 6.08 Å². The molecule has 0 aliphatic carbocycles. The summed E-state index contributed by atoms with van der Waals surface area (Å²) in [5.41, 5.74) is 3.06. The summed E-state index contributed by atoms with van der Waals surface area (Å²) < 4.78 is 4.95. The van der Waals surface area contributed by atoms with Crippen molar-refractivity contribution in [3.05, 3.63) is 64.2 Å². The first-order chi connectivity index (χ1) is 12.9. The second-order valence-corrected chi connectivity index (χ2v) is 6.96. The summed E-state index contributed by atoms with van der Waals surface area (Å²) in [5, 5.41) is 14.1. The van der Waals surface area contributed by atoms with Gasteiger partial charge in [-0.05, 0) is 72.6 Å². The van der Waals surface area contributed by atoms with Crippen LogP contribution in [0.5, 0.6) is 0 Å². The van der Waals surface area contributed by atoms with Crippen LogP contribution in [0.15, 0.2) is 47.4 Å². The van der Waals surface area contributed by atoms with Crippen LogP contribution in [0.4, 0.5) is 5.69 Å². The minimum atomic E-state index is -0.626. The number of nitriles is 1. The van der Waals surface area contributed by atoms with E-state index in [0.717, 1.165) is 33.3 Å². The van der Waals surface area contributed by atoms with Gasteiger partial charge in [0.25, 0.3) is 5.91 Å². The van der Waals surface area contributed by atoms with Crippen molar-refractivity contribution in [3.8, 4) is 5.40 Å². The third-order valence-electron chi connectivity index (χ3n) is 3.54. The third-order valence-corrected chi connectivity index (χ3v) is 4.34. The Morgan fingerprint density at radius 2 is 1.96 bits per heavy atom. The molecular weight excluding hydrogens is 384 g/mol. The maximum Gasteiger partial charge on any atom is 0.331 e. The van der Waals surface area contributed by atoms with Gasteiger partial charge in [0.1, 0.15) is 5.40 Å². The summed E-state index contributed by atoms with van der Waals surface area (Å²) in [6.07, 6.45) is 2.80. The fourth-order valence-electron chi connectivity index (χ4n) is 2.37. The Labute approximate surface area is 167 Å². The zero-order valence-electron chi connectivity index (χ0n) is 14.8. The number of benzene rings is 2. The monoisotopic (exact) mass is 400 g/mol. The van der Waals surface area contributed by atoms with Crippen molar-refractivity contribution in [2.45, 2.75) is 18.7 Å². The normalized spacial score (nSPS) is 10.4. The zero-order valence-corrected chi connectivity index (χ0v) is 16.4. The van der Waals surface area contributed by atoms with Gasteiger partial charge in [0.05, 0.1) is 0 Å². The van der Waals surface area contributed by atoms with Gasteiger partial charge in [0, 0.05) is 21.7 Å². The number of nitrogens with one attached hydrogen (secondary N) is 1. The van der Waals surface area contributed by atoms with E-state index in [9.17, 15) is 9.59 Å². The Hall–Kier alpha value is -2.75. The highest BCUT2D eigenvalue weighted by Gasteiger charge is 2.11. The molecule has 0 fully saturated rings. The van der Waals surface area contributed by atoms with E-state index >= 15 is 0 Å². The van der Waals surface area contributed by atoms with E-state index in [-0.39, 0.29) is 0 Å². The minimum Gasteiger partial charge on any atom is -0.452 e. The van der Waals surface area contributed by atoms with Crippen LogP contribution in [0.3, 0.4) is 0 Å². The fourth-order valence-corrected chi connectivity index (χ4v) is 3.14. The van der Waals surface area contributed by atoms with E-state index in [2.05, 4.69) is 5.32 Å². The molecule has 0 bridgehead atoms. The van der Waals surface area contributed by atoms with E-state index in [4.69, 9.17) is 21.6 Å². The van der Waals surface area contributed by atoms with Gasteiger partial charge in [-0.3, -0.25) is 4.79 Å². The Balaban J connectivity index is 1.91. The number of halogens is 1. The van der Waals surface area contributed by atoms with Crippen molar-refractivity contribution in [1.29, 1.82) is 5.26 Å². The zero-order chi connectivity index (χ0) is 19.8. The number of anilines is 1. The quantitative estimate of drug-likeness (QED) is 0.328. The molecular formula is C20H17ClN2O3S. The number of aryl methyl sites for hydroxylation is 2. The molecule has 7 heteroatoms. The van der Waals surface area contributed by atoms with Gasteiger partial charge >= 0.3 is 5.97 Å². The van der Waals surface area contributed by atoms with Crippen molar-refractivity contribution < 1.29 is 14.3 Å². The minimum absolute atomic E-state index is 0.397. The summed E-state index contributed by atoms with van der Waals surface area (Å²) in [6, 6.07) is 10.6. The molecule has 1 amide bonds. The molecule has 0 saturated heterocycles. The Morgan fingerprint density at radius 3 is 2.59 bits per heavy atom. The van der Waals surface area contributed by atoms with E-state index in [1.54, 1.807) is 30.3 Å². The molecule has 0 radical (unpaired) electrons. The summed E-state index contributed by atoms with van der Waals surface area (Å²) in [6.45, 7) is 3.28. The van der Waals surface area contributed by atoms with Crippen LogP contribution in [-0.2, 0) is 14.3 Å². The molecule has 2 aromatic carbocycles. The maximum absolute atomic E-state index is 12.1. The fraction of sp³-hybridized carbons (Fsp3) is 0.150. The molecule has 0 unspecified atom stereocenters. The summed E-state index contributed by atoms with van der Waals surface area (Å²) in [5.74, 6) is -1.06. The molecule has 0 aliphatic rings. The highest BCUT2D eigenvalue weighted by molar-refractivity contribution is 8.03. The molecule has 0 atom stereocenters. The molecule has 1 N–H and O–H groups in total. The number of hydrogen-bond donors (Lipinski definition) is 1. The molecule has 138 valence electrons. The summed E-state index contributed by atoms with van der Waals surface area (Å²) in [4.78, 5) is 24.6. The average molecular weight is 401 g/mol. The summed E-state index contributed by atoms with van der Waals surface area (Å²) >= 11 is 6.93. The van der Waals surface area contributed by atoms with Crippen LogP contribution >= 0.6 is 23.4 Å². The van der Waals surface area contributed by atoms with E-state index in [0.29, 0.717) is 10.7 Å². The lowest BCUT2D eigenvalue weighted by molar-refractivity contribution is -0.142. The first-order valence-electron chi connectivity index (χ1n) is 7.96. The third kappa shape index (κ3) is 6.48. The number of thiocyanates is 1. The van der Waals surface area contributed by atoms with Crippen molar-refractivity contribution in [2.24, 2.45) is 0 Å². The van der Waals surface area contributed by atoms with Crippen LogP contribution in [0, 0.1) is 24.5 Å². The number of carbonyl (C=O) groups is 2. The molecule has 0 aliphatic heterocycles. The van der Waals surface area contributed by atoms with Crippen molar-refractivity contribution >= 4 is 47.0 Å². The highest BCUT2D eigenvalue weighted by atomic mass is 35.5. The lowest BCUT2D eigenvalue weighted by Gasteiger charge is -2.12. The topological polar surface area (TPSA) is 79.2 Å². The predicted molar refractivity (Wildman–Crippen MR) is 107 cm³/mol. The van der Waals surface area contributed by atoms with Gasteiger partial charge in [-0.1, -0.05) is 23.7 Å². The second kappa shape index (κ2) is 9.81. The van der Waals surface area contributed by atoms with Gasteiger partial charge in [0.2, 0.25) is 0 Å². The Morgan fingerprint density at radius 1 is 1.26 bits per heavy atom. The van der Waals surface area contributed by atoms with Crippen LogP contribution in [-0.4, -0.2) is 18.5 Å². The molecule has 2 rings (SSSR count). The highest BCUT2D eigenvalue weighted by Crippen LogP contribution is 2.27. The van der Waals surface area contributed by atoms with Gasteiger partial charge in [-0.2, -0.15) is 5.26 Å². The predicted octanol–water partition coefficient (Wildman–Crippen LogP) is 4.73. The van der Waals surface area contributed by atoms with Crippen molar-refractivity contribution in [2.75, 3.05) is 11.9 Å². The van der Waals surface area contributed by atoms with Gasteiger partial charge < -0.3 is 10.1 Å². The average Bonchev–Trinajstić information content (AvgIpc) is 2.61. The molecule has 0 saturated carbocycles. The van der Waals surface area contributed by atoms with Gasteiger partial charge in [0.15, 0.2) is 6.61 Å². The first kappa shape index (κ1) is 20.6. The van der Waals surface area contributed by atoms with Gasteiger partial charge in [-0.25, -0.2) is 4.79 Å². The standard InChI is InChI=1S/C20H17ClN2O3S/c1-13-8-17(27-12-22)9-14(2)20(13)23-18(24)11-26-19(25)7-6-15-4-3-5-16(21)10-15/h3-10H,11H2,1-2H3,(H,23,24)/b7-6+. The number of nitrogens with zero attached hydrogens (tertiary/aromatic N) is 1. The number of thioether (sulfide) groups is 1. The SMILES string of the molecule is Cc1cc(SC#N)cc(C)c1NC(=O)COC(=O)/C=C/c1cccc(Cl)c1. The lowest BCUT2D eigenvalue weighted by atomic mass is 10.1. The number of ether oxygens (including phenoxy) is 1. The number of esters is 1. The molecule has 27 heavy (non-hydrogen) atoms. The van der Waals surface area contributed by atoms with Crippen molar-refractivity contribution in [3.63, 3.8) is 0 Å². The van der Waals surface area contributed by atoms with E-state index in [1.165, 1.54) is 6.08 Å². The second-order valence-electron chi connectivity index (χ2n) is 5.67. The van der Waals surface area contributed by atoms with Gasteiger partial charge in [-0.15, -0.1) is 0 Å². The molecule has 0 spiro atoms. The largest absolute Gasteiger partial charge is 0.452 e. The summed E-state index contributed by atoms with van der Waals surface area (Å²) in [7, 11) is 0. The molecule has 2 aromatic rings. The van der Waals surface area contributed by atoms with Crippen molar-refractivity contribution in [1.82, 2.24) is 0 Å². The Bertz CT molecular complexity index is 912. The Kier molecular flexibility index (Phi) is 7.47. The van der Waals surface area contributed by atoms with Crippen LogP contribution < -0.4 is 5.32 Å². The molecule has 5 nitrogen and oxygen atoms in total. The maximum atomic E-state index is 12.1. The lowest BCUT2D eigenvalue weighted by Crippen LogP contribution is -2.21. The molecule has 0 heterocycles. The first-order valence-corrected chi connectivity index (χ1v) is 9.16. The van der Waals surface area contributed by atoms with Crippen LogP contribution in [0.1, 0.15) is 16.7 Å². The number of hydrogen-bond acceptors (Lipinski definition) is 5. The van der Waals surface area contributed by atoms with Crippen LogP contribution in [0.2, 0.25) is 5.02 Å².